The molecule has 0 aromatic carbocycles. The van der Waals surface area contributed by atoms with Gasteiger partial charge in [-0.3, -0.25) is 20.6 Å². The molecule has 116 valence electrons. The highest BCUT2D eigenvalue weighted by atomic mass is 15.3. The predicted molar refractivity (Wildman–Crippen MR) is 83.6 cm³/mol. The van der Waals surface area contributed by atoms with Gasteiger partial charge in [-0.25, -0.2) is 0 Å². The number of hydrogen-bond acceptors (Lipinski definition) is 4. The third-order valence-corrected chi connectivity index (χ3v) is 4.02. The lowest BCUT2D eigenvalue weighted by atomic mass is 10.0. The van der Waals surface area contributed by atoms with Gasteiger partial charge >= 0.3 is 0 Å². The lowest BCUT2D eigenvalue weighted by Crippen LogP contribution is -2.30. The summed E-state index contributed by atoms with van der Waals surface area (Å²) in [5.41, 5.74) is 6.06. The molecule has 0 spiro atoms. The Hall–Kier alpha value is -1.66. The quantitative estimate of drug-likeness (QED) is 0.604. The van der Waals surface area contributed by atoms with Gasteiger partial charge in [0.05, 0.1) is 23.5 Å². The second-order valence-electron chi connectivity index (χ2n) is 5.52. The summed E-state index contributed by atoms with van der Waals surface area (Å²) >= 11 is 0. The first kappa shape index (κ1) is 15.7. The SMILES string of the molecule is CCC(CC)n1ccc(CC(NN)c2cn(C)nc2C)n1. The van der Waals surface area contributed by atoms with Crippen molar-refractivity contribution in [3.63, 3.8) is 0 Å². The lowest BCUT2D eigenvalue weighted by molar-refractivity contribution is 0.422. The molecule has 6 nitrogen and oxygen atoms in total. The Morgan fingerprint density at radius 2 is 2.00 bits per heavy atom. The topological polar surface area (TPSA) is 73.7 Å². The maximum absolute atomic E-state index is 5.73. The standard InChI is InChI=1S/C15H26N6/c1-5-13(6-2)21-8-7-12(19-21)9-15(17-16)14-10-20(4)18-11(14)3/h7-8,10,13,15,17H,5-6,9,16H2,1-4H3. The first-order chi connectivity index (χ1) is 10.1. The molecule has 2 rings (SSSR count). The summed E-state index contributed by atoms with van der Waals surface area (Å²) in [5.74, 6) is 5.73. The van der Waals surface area contributed by atoms with Crippen LogP contribution in [0.1, 0.15) is 55.7 Å². The number of nitrogens with one attached hydrogen (secondary N) is 1. The molecule has 2 heterocycles. The molecule has 0 saturated heterocycles. The van der Waals surface area contributed by atoms with E-state index in [1.807, 2.05) is 24.9 Å². The van der Waals surface area contributed by atoms with Crippen LogP contribution in [0.3, 0.4) is 0 Å². The van der Waals surface area contributed by atoms with Crippen LogP contribution in [0.15, 0.2) is 18.5 Å². The highest BCUT2D eigenvalue weighted by molar-refractivity contribution is 5.22. The van der Waals surface area contributed by atoms with Gasteiger partial charge in [0.2, 0.25) is 0 Å². The lowest BCUT2D eigenvalue weighted by Gasteiger charge is -2.15. The van der Waals surface area contributed by atoms with Crippen molar-refractivity contribution in [1.82, 2.24) is 25.0 Å². The zero-order chi connectivity index (χ0) is 15.4. The molecule has 2 aromatic heterocycles. The number of nitrogens with zero attached hydrogens (tertiary/aromatic N) is 4. The number of aryl methyl sites for hydroxylation is 2. The van der Waals surface area contributed by atoms with Crippen LogP contribution >= 0.6 is 0 Å². The Bertz CT molecular complexity index is 566. The number of aromatic nitrogens is 4. The van der Waals surface area contributed by atoms with E-state index in [-0.39, 0.29) is 6.04 Å². The number of rotatable bonds is 7. The van der Waals surface area contributed by atoms with Crippen molar-refractivity contribution in [2.45, 2.75) is 52.1 Å². The van der Waals surface area contributed by atoms with Gasteiger partial charge in [-0.1, -0.05) is 13.8 Å². The Labute approximate surface area is 126 Å². The summed E-state index contributed by atoms with van der Waals surface area (Å²) in [6.45, 7) is 6.39. The van der Waals surface area contributed by atoms with E-state index in [0.29, 0.717) is 6.04 Å². The minimum atomic E-state index is 0.0313. The first-order valence-corrected chi connectivity index (χ1v) is 7.59. The van der Waals surface area contributed by atoms with Crippen molar-refractivity contribution in [3.05, 3.63) is 35.4 Å². The monoisotopic (exact) mass is 290 g/mol. The molecule has 0 saturated carbocycles. The molecule has 1 atom stereocenters. The molecule has 21 heavy (non-hydrogen) atoms. The fraction of sp³-hybridized carbons (Fsp3) is 0.600. The van der Waals surface area contributed by atoms with Crippen LogP contribution in [0.25, 0.3) is 0 Å². The van der Waals surface area contributed by atoms with Crippen molar-refractivity contribution in [1.29, 1.82) is 0 Å². The number of hydrazine groups is 1. The summed E-state index contributed by atoms with van der Waals surface area (Å²) in [4.78, 5) is 0. The van der Waals surface area contributed by atoms with Crippen LogP contribution < -0.4 is 11.3 Å². The maximum Gasteiger partial charge on any atom is 0.0644 e. The maximum atomic E-state index is 5.73. The van der Waals surface area contributed by atoms with E-state index in [0.717, 1.165) is 36.2 Å². The highest BCUT2D eigenvalue weighted by Gasteiger charge is 2.17. The number of nitrogens with two attached hydrogens (primary N) is 1. The zero-order valence-corrected chi connectivity index (χ0v) is 13.4. The third kappa shape index (κ3) is 3.51. The van der Waals surface area contributed by atoms with E-state index in [2.05, 4.69) is 41.3 Å². The summed E-state index contributed by atoms with van der Waals surface area (Å²) in [5, 5.41) is 9.07. The van der Waals surface area contributed by atoms with Crippen molar-refractivity contribution in [2.24, 2.45) is 12.9 Å². The van der Waals surface area contributed by atoms with Gasteiger partial charge < -0.3 is 0 Å². The molecule has 0 aliphatic heterocycles. The Kier molecular flexibility index (Phi) is 5.14. The van der Waals surface area contributed by atoms with Gasteiger partial charge in [0.15, 0.2) is 0 Å². The van der Waals surface area contributed by atoms with E-state index in [1.165, 1.54) is 0 Å². The summed E-state index contributed by atoms with van der Waals surface area (Å²) in [7, 11) is 1.92. The van der Waals surface area contributed by atoms with Crippen LogP contribution in [-0.4, -0.2) is 19.6 Å². The average molecular weight is 290 g/mol. The van der Waals surface area contributed by atoms with Crippen molar-refractivity contribution >= 4 is 0 Å². The largest absolute Gasteiger partial charge is 0.275 e. The predicted octanol–water partition coefficient (Wildman–Crippen LogP) is 2.03. The molecular formula is C15H26N6. The van der Waals surface area contributed by atoms with Crippen LogP contribution in [-0.2, 0) is 13.5 Å². The van der Waals surface area contributed by atoms with Crippen molar-refractivity contribution < 1.29 is 0 Å². The fourth-order valence-electron chi connectivity index (χ4n) is 2.78. The zero-order valence-electron chi connectivity index (χ0n) is 13.4. The molecule has 0 fully saturated rings. The van der Waals surface area contributed by atoms with Gasteiger partial charge in [-0.15, -0.1) is 0 Å². The smallest absolute Gasteiger partial charge is 0.0644 e. The van der Waals surface area contributed by atoms with Gasteiger partial charge in [0.1, 0.15) is 0 Å². The van der Waals surface area contributed by atoms with Crippen molar-refractivity contribution in [2.75, 3.05) is 0 Å². The van der Waals surface area contributed by atoms with Gasteiger partial charge in [-0.05, 0) is 25.8 Å². The van der Waals surface area contributed by atoms with Gasteiger partial charge in [0.25, 0.3) is 0 Å². The minimum Gasteiger partial charge on any atom is -0.275 e. The second kappa shape index (κ2) is 6.87. The van der Waals surface area contributed by atoms with Crippen LogP contribution in [0.5, 0.6) is 0 Å². The molecule has 1 unspecified atom stereocenters. The van der Waals surface area contributed by atoms with E-state index in [9.17, 15) is 0 Å². The molecule has 0 bridgehead atoms. The molecule has 3 N–H and O–H groups in total. The fourth-order valence-corrected chi connectivity index (χ4v) is 2.78. The van der Waals surface area contributed by atoms with Crippen molar-refractivity contribution in [3.8, 4) is 0 Å². The first-order valence-electron chi connectivity index (χ1n) is 7.59. The Morgan fingerprint density at radius 1 is 1.29 bits per heavy atom. The second-order valence-corrected chi connectivity index (χ2v) is 5.52. The van der Waals surface area contributed by atoms with E-state index < -0.39 is 0 Å². The molecule has 6 heteroatoms. The molecule has 2 aromatic rings. The summed E-state index contributed by atoms with van der Waals surface area (Å²) < 4.78 is 3.89. The summed E-state index contributed by atoms with van der Waals surface area (Å²) in [6, 6.07) is 2.58. The average Bonchev–Trinajstić information content (AvgIpc) is 3.04. The molecule has 0 aliphatic carbocycles. The third-order valence-electron chi connectivity index (χ3n) is 4.02. The number of hydrogen-bond donors (Lipinski definition) is 2. The van der Waals surface area contributed by atoms with Crippen LogP contribution in [0.4, 0.5) is 0 Å². The molecule has 0 radical (unpaired) electrons. The van der Waals surface area contributed by atoms with E-state index in [4.69, 9.17) is 10.9 Å². The Balaban J connectivity index is 2.14. The van der Waals surface area contributed by atoms with Crippen LogP contribution in [0.2, 0.25) is 0 Å². The van der Waals surface area contributed by atoms with Gasteiger partial charge in [0, 0.05) is 31.4 Å². The van der Waals surface area contributed by atoms with Gasteiger partial charge in [-0.2, -0.15) is 10.2 Å². The van der Waals surface area contributed by atoms with E-state index in [1.54, 1.807) is 0 Å². The highest BCUT2D eigenvalue weighted by Crippen LogP contribution is 2.21. The molecule has 0 aliphatic rings. The van der Waals surface area contributed by atoms with E-state index >= 15 is 0 Å². The molecular weight excluding hydrogens is 264 g/mol. The Morgan fingerprint density at radius 3 is 2.52 bits per heavy atom. The minimum absolute atomic E-state index is 0.0313. The molecule has 0 amide bonds. The summed E-state index contributed by atoms with van der Waals surface area (Å²) in [6.07, 6.45) is 7.03. The normalized spacial score (nSPS) is 13.0. The van der Waals surface area contributed by atoms with Crippen LogP contribution in [0, 0.1) is 6.92 Å².